The molecule has 0 saturated carbocycles. The number of ether oxygens (including phenoxy) is 2. The normalized spacial score (nSPS) is 11.2. The van der Waals surface area contributed by atoms with E-state index >= 15 is 0 Å². The molecule has 0 heterocycles. The lowest BCUT2D eigenvalue weighted by molar-refractivity contribution is -0.119. The van der Waals surface area contributed by atoms with Gasteiger partial charge in [-0.1, -0.05) is 30.3 Å². The summed E-state index contributed by atoms with van der Waals surface area (Å²) in [6, 6.07) is 22.1. The monoisotopic (exact) mass is 482 g/mol. The molecule has 180 valence electrons. The molecule has 7 nitrogen and oxygen atoms in total. The molecule has 0 spiro atoms. The molecular weight excluding hydrogens is 452 g/mol. The summed E-state index contributed by atoms with van der Waals surface area (Å²) in [7, 11) is -3.97. The number of rotatable bonds is 11. The zero-order chi connectivity index (χ0) is 24.6. The molecule has 0 radical (unpaired) electrons. The van der Waals surface area contributed by atoms with Gasteiger partial charge in [-0.05, 0) is 74.9 Å². The Kier molecular flexibility index (Phi) is 8.54. The van der Waals surface area contributed by atoms with Crippen LogP contribution in [0.15, 0.2) is 83.8 Å². The fourth-order valence-corrected chi connectivity index (χ4v) is 4.74. The molecule has 1 N–H and O–H groups in total. The molecule has 3 aromatic carbocycles. The predicted molar refractivity (Wildman–Crippen MR) is 133 cm³/mol. The number of amides is 1. The van der Waals surface area contributed by atoms with Crippen molar-refractivity contribution in [2.24, 2.45) is 0 Å². The zero-order valence-corrected chi connectivity index (χ0v) is 20.4. The number of anilines is 1. The SMILES string of the molecule is CCOc1ccc(N(CC(=O)NCc2cccc(OC(C)C)c2)S(=O)(=O)c2ccccc2)cc1. The molecule has 0 fully saturated rings. The largest absolute Gasteiger partial charge is 0.494 e. The summed E-state index contributed by atoms with van der Waals surface area (Å²) in [5, 5.41) is 2.81. The molecular formula is C26H30N2O5S. The Labute approximate surface area is 201 Å². The molecule has 0 aliphatic carbocycles. The van der Waals surface area contributed by atoms with Gasteiger partial charge in [0, 0.05) is 6.54 Å². The molecule has 8 heteroatoms. The van der Waals surface area contributed by atoms with Crippen LogP contribution in [-0.4, -0.2) is 33.6 Å². The van der Waals surface area contributed by atoms with Crippen LogP contribution in [0.25, 0.3) is 0 Å². The molecule has 34 heavy (non-hydrogen) atoms. The molecule has 3 aromatic rings. The molecule has 3 rings (SSSR count). The molecule has 0 saturated heterocycles. The van der Waals surface area contributed by atoms with Gasteiger partial charge < -0.3 is 14.8 Å². The zero-order valence-electron chi connectivity index (χ0n) is 19.6. The van der Waals surface area contributed by atoms with Gasteiger partial charge in [-0.2, -0.15) is 0 Å². The Morgan fingerprint density at radius 1 is 0.941 bits per heavy atom. The molecule has 0 aliphatic rings. The number of benzene rings is 3. The number of nitrogens with one attached hydrogen (secondary N) is 1. The maximum atomic E-state index is 13.4. The smallest absolute Gasteiger partial charge is 0.264 e. The van der Waals surface area contributed by atoms with E-state index in [9.17, 15) is 13.2 Å². The van der Waals surface area contributed by atoms with E-state index in [-0.39, 0.29) is 24.1 Å². The Bertz CT molecular complexity index is 1180. The first-order valence-corrected chi connectivity index (χ1v) is 12.6. The summed E-state index contributed by atoms with van der Waals surface area (Å²) in [6.07, 6.45) is 0.0377. The van der Waals surface area contributed by atoms with Gasteiger partial charge in [0.15, 0.2) is 0 Å². The minimum Gasteiger partial charge on any atom is -0.494 e. The second-order valence-electron chi connectivity index (χ2n) is 7.84. The average molecular weight is 483 g/mol. The van der Waals surface area contributed by atoms with E-state index in [1.54, 1.807) is 42.5 Å². The number of hydrogen-bond donors (Lipinski definition) is 1. The molecule has 0 bridgehead atoms. The number of nitrogens with zero attached hydrogens (tertiary/aromatic N) is 1. The number of carbonyl (C=O) groups is 1. The summed E-state index contributed by atoms with van der Waals surface area (Å²) in [5.41, 5.74) is 1.22. The maximum absolute atomic E-state index is 13.4. The fraction of sp³-hybridized carbons (Fsp3) is 0.269. The topological polar surface area (TPSA) is 84.9 Å². The summed E-state index contributed by atoms with van der Waals surface area (Å²) in [6.45, 7) is 6.13. The quantitative estimate of drug-likeness (QED) is 0.438. The van der Waals surface area contributed by atoms with E-state index in [1.807, 2.05) is 45.0 Å². The van der Waals surface area contributed by atoms with Gasteiger partial charge >= 0.3 is 0 Å². The summed E-state index contributed by atoms with van der Waals surface area (Å²) < 4.78 is 39.0. The van der Waals surface area contributed by atoms with Crippen LogP contribution in [0.5, 0.6) is 11.5 Å². The third-order valence-corrected chi connectivity index (χ3v) is 6.60. The average Bonchev–Trinajstić information content (AvgIpc) is 2.82. The number of carbonyl (C=O) groups excluding carboxylic acids is 1. The highest BCUT2D eigenvalue weighted by Gasteiger charge is 2.27. The lowest BCUT2D eigenvalue weighted by Crippen LogP contribution is -2.40. The van der Waals surface area contributed by atoms with Crippen LogP contribution >= 0.6 is 0 Å². The van der Waals surface area contributed by atoms with Gasteiger partial charge in [-0.25, -0.2) is 8.42 Å². The van der Waals surface area contributed by atoms with Crippen molar-refractivity contribution >= 4 is 21.6 Å². The van der Waals surface area contributed by atoms with Crippen molar-refractivity contribution in [1.82, 2.24) is 5.32 Å². The first-order valence-electron chi connectivity index (χ1n) is 11.1. The lowest BCUT2D eigenvalue weighted by Gasteiger charge is -2.24. The Morgan fingerprint density at radius 3 is 2.29 bits per heavy atom. The van der Waals surface area contributed by atoms with Crippen molar-refractivity contribution in [3.63, 3.8) is 0 Å². The third kappa shape index (κ3) is 6.74. The van der Waals surface area contributed by atoms with Crippen molar-refractivity contribution in [3.8, 4) is 11.5 Å². The van der Waals surface area contributed by atoms with E-state index in [4.69, 9.17) is 9.47 Å². The van der Waals surface area contributed by atoms with Crippen LogP contribution in [0.4, 0.5) is 5.69 Å². The van der Waals surface area contributed by atoms with E-state index < -0.39 is 15.9 Å². The lowest BCUT2D eigenvalue weighted by atomic mass is 10.2. The summed E-state index contributed by atoms with van der Waals surface area (Å²) in [4.78, 5) is 12.9. The van der Waals surface area contributed by atoms with Gasteiger partial charge in [0.1, 0.15) is 18.0 Å². The van der Waals surface area contributed by atoms with Crippen LogP contribution in [0.1, 0.15) is 26.3 Å². The standard InChI is InChI=1S/C26H30N2O5S/c1-4-32-23-15-13-22(14-16-23)28(34(30,31)25-11-6-5-7-12-25)19-26(29)27-18-21-9-8-10-24(17-21)33-20(2)3/h5-17,20H,4,18-19H2,1-3H3,(H,27,29). The Hall–Kier alpha value is -3.52. The van der Waals surface area contributed by atoms with Gasteiger partial charge in [0.05, 0.1) is 23.3 Å². The Morgan fingerprint density at radius 2 is 1.65 bits per heavy atom. The van der Waals surface area contributed by atoms with E-state index in [0.29, 0.717) is 23.8 Å². The first-order chi connectivity index (χ1) is 16.3. The third-order valence-electron chi connectivity index (χ3n) is 4.81. The van der Waals surface area contributed by atoms with Crippen LogP contribution < -0.4 is 19.1 Å². The van der Waals surface area contributed by atoms with Crippen LogP contribution in [0, 0.1) is 0 Å². The first kappa shape index (κ1) is 25.1. The van der Waals surface area contributed by atoms with Crippen molar-refractivity contribution in [2.75, 3.05) is 17.5 Å². The number of sulfonamides is 1. The maximum Gasteiger partial charge on any atom is 0.264 e. The van der Waals surface area contributed by atoms with Crippen molar-refractivity contribution < 1.29 is 22.7 Å². The predicted octanol–water partition coefficient (Wildman–Crippen LogP) is 4.38. The van der Waals surface area contributed by atoms with E-state index in [0.717, 1.165) is 9.87 Å². The molecule has 0 atom stereocenters. The number of hydrogen-bond acceptors (Lipinski definition) is 5. The van der Waals surface area contributed by atoms with Gasteiger partial charge in [0.2, 0.25) is 5.91 Å². The van der Waals surface area contributed by atoms with Crippen LogP contribution in [0.2, 0.25) is 0 Å². The molecule has 1 amide bonds. The van der Waals surface area contributed by atoms with Crippen molar-refractivity contribution in [3.05, 3.63) is 84.4 Å². The highest BCUT2D eigenvalue weighted by atomic mass is 32.2. The summed E-state index contributed by atoms with van der Waals surface area (Å²) >= 11 is 0. The van der Waals surface area contributed by atoms with Gasteiger partial charge in [-0.15, -0.1) is 0 Å². The highest BCUT2D eigenvalue weighted by Crippen LogP contribution is 2.26. The minimum atomic E-state index is -3.97. The molecule has 0 unspecified atom stereocenters. The minimum absolute atomic E-state index is 0.0377. The summed E-state index contributed by atoms with van der Waals surface area (Å²) in [5.74, 6) is 0.907. The van der Waals surface area contributed by atoms with Crippen LogP contribution in [-0.2, 0) is 21.4 Å². The Balaban J connectivity index is 1.79. The van der Waals surface area contributed by atoms with Gasteiger partial charge in [0.25, 0.3) is 10.0 Å². The fourth-order valence-electron chi connectivity index (χ4n) is 3.30. The van der Waals surface area contributed by atoms with E-state index in [1.165, 1.54) is 12.1 Å². The van der Waals surface area contributed by atoms with Gasteiger partial charge in [-0.3, -0.25) is 9.10 Å². The van der Waals surface area contributed by atoms with E-state index in [2.05, 4.69) is 5.32 Å². The molecule has 0 aromatic heterocycles. The van der Waals surface area contributed by atoms with Crippen molar-refractivity contribution in [1.29, 1.82) is 0 Å². The second kappa shape index (κ2) is 11.6. The van der Waals surface area contributed by atoms with Crippen LogP contribution in [0.3, 0.4) is 0 Å². The second-order valence-corrected chi connectivity index (χ2v) is 9.70. The van der Waals surface area contributed by atoms with Crippen molar-refractivity contribution in [2.45, 2.75) is 38.3 Å². The highest BCUT2D eigenvalue weighted by molar-refractivity contribution is 7.92. The molecule has 0 aliphatic heterocycles.